The average Bonchev–Trinajstić information content (AvgIpc) is 2.12. The van der Waals surface area contributed by atoms with Crippen molar-refractivity contribution < 1.29 is 4.74 Å². The maximum Gasteiger partial charge on any atom is 0.124 e. The third-order valence-electron chi connectivity index (χ3n) is 2.06. The molecule has 0 amide bonds. The standard InChI is InChI=1S/C12H20O/c1-7-10(5)12(13-6)11(8-2)9(3)4/h7-9H,1H2,2-6H3/b11-8-,12-10+. The van der Waals surface area contributed by atoms with Crippen molar-refractivity contribution in [3.8, 4) is 0 Å². The van der Waals surface area contributed by atoms with Crippen LogP contribution in [0, 0.1) is 5.92 Å². The maximum atomic E-state index is 5.36. The highest BCUT2D eigenvalue weighted by atomic mass is 16.5. The van der Waals surface area contributed by atoms with Gasteiger partial charge in [-0.15, -0.1) is 0 Å². The summed E-state index contributed by atoms with van der Waals surface area (Å²) in [5, 5.41) is 0. The van der Waals surface area contributed by atoms with Crippen LogP contribution in [0.1, 0.15) is 27.7 Å². The first kappa shape index (κ1) is 12.0. The van der Waals surface area contributed by atoms with Crippen LogP contribution in [0.2, 0.25) is 0 Å². The maximum absolute atomic E-state index is 5.36. The van der Waals surface area contributed by atoms with Crippen molar-refractivity contribution in [1.29, 1.82) is 0 Å². The number of ether oxygens (including phenoxy) is 1. The number of methoxy groups -OCH3 is 1. The van der Waals surface area contributed by atoms with Crippen LogP contribution in [0.3, 0.4) is 0 Å². The Kier molecular flexibility index (Phi) is 5.20. The largest absolute Gasteiger partial charge is 0.496 e. The summed E-state index contributed by atoms with van der Waals surface area (Å²) in [6, 6.07) is 0. The summed E-state index contributed by atoms with van der Waals surface area (Å²) in [5.74, 6) is 1.43. The van der Waals surface area contributed by atoms with E-state index in [2.05, 4.69) is 26.5 Å². The smallest absolute Gasteiger partial charge is 0.124 e. The zero-order valence-electron chi connectivity index (χ0n) is 9.35. The highest BCUT2D eigenvalue weighted by Gasteiger charge is 2.10. The van der Waals surface area contributed by atoms with Gasteiger partial charge < -0.3 is 4.74 Å². The fraction of sp³-hybridized carbons (Fsp3) is 0.500. The minimum Gasteiger partial charge on any atom is -0.496 e. The van der Waals surface area contributed by atoms with Crippen LogP contribution in [-0.2, 0) is 4.74 Å². The first-order chi connectivity index (χ1) is 6.08. The van der Waals surface area contributed by atoms with E-state index >= 15 is 0 Å². The fourth-order valence-corrected chi connectivity index (χ4v) is 1.33. The lowest BCUT2D eigenvalue weighted by atomic mass is 9.98. The van der Waals surface area contributed by atoms with E-state index in [1.54, 1.807) is 7.11 Å². The van der Waals surface area contributed by atoms with Crippen LogP contribution >= 0.6 is 0 Å². The molecule has 0 aliphatic heterocycles. The lowest BCUT2D eigenvalue weighted by Crippen LogP contribution is -2.02. The Bertz CT molecular complexity index is 232. The van der Waals surface area contributed by atoms with Gasteiger partial charge in [-0.2, -0.15) is 0 Å². The first-order valence-corrected chi connectivity index (χ1v) is 4.62. The molecule has 13 heavy (non-hydrogen) atoms. The van der Waals surface area contributed by atoms with E-state index < -0.39 is 0 Å². The molecule has 0 atom stereocenters. The van der Waals surface area contributed by atoms with Crippen molar-refractivity contribution >= 4 is 0 Å². The zero-order valence-corrected chi connectivity index (χ0v) is 9.35. The Balaban J connectivity index is 5.08. The summed E-state index contributed by atoms with van der Waals surface area (Å²) >= 11 is 0. The molecule has 0 aliphatic carbocycles. The molecule has 0 aromatic carbocycles. The van der Waals surface area contributed by atoms with Crippen LogP contribution in [-0.4, -0.2) is 7.11 Å². The minimum absolute atomic E-state index is 0.481. The van der Waals surface area contributed by atoms with E-state index in [-0.39, 0.29) is 0 Å². The Labute approximate surface area is 81.8 Å². The van der Waals surface area contributed by atoms with Gasteiger partial charge in [0.2, 0.25) is 0 Å². The molecule has 0 saturated carbocycles. The van der Waals surface area contributed by atoms with Gasteiger partial charge >= 0.3 is 0 Å². The van der Waals surface area contributed by atoms with Gasteiger partial charge in [-0.05, 0) is 30.9 Å². The number of rotatable bonds is 4. The molecule has 0 bridgehead atoms. The summed E-state index contributed by atoms with van der Waals surface area (Å²) in [6.07, 6.45) is 3.92. The Hall–Kier alpha value is -0.980. The molecule has 0 fully saturated rings. The van der Waals surface area contributed by atoms with Crippen LogP contribution in [0.5, 0.6) is 0 Å². The molecule has 0 heterocycles. The zero-order chi connectivity index (χ0) is 10.4. The Morgan fingerprint density at radius 1 is 1.38 bits per heavy atom. The number of hydrogen-bond donors (Lipinski definition) is 0. The molecular weight excluding hydrogens is 160 g/mol. The second-order valence-corrected chi connectivity index (χ2v) is 3.32. The van der Waals surface area contributed by atoms with Crippen LogP contribution in [0.4, 0.5) is 0 Å². The Morgan fingerprint density at radius 3 is 2.15 bits per heavy atom. The molecule has 0 saturated heterocycles. The summed E-state index contributed by atoms with van der Waals surface area (Å²) < 4.78 is 5.36. The van der Waals surface area contributed by atoms with Gasteiger partial charge in [0.25, 0.3) is 0 Å². The van der Waals surface area contributed by atoms with Crippen molar-refractivity contribution in [2.75, 3.05) is 7.11 Å². The van der Waals surface area contributed by atoms with E-state index in [4.69, 9.17) is 4.74 Å². The summed E-state index contributed by atoms with van der Waals surface area (Å²) in [4.78, 5) is 0. The van der Waals surface area contributed by atoms with Gasteiger partial charge in [-0.1, -0.05) is 32.6 Å². The molecule has 0 unspecified atom stereocenters. The SMILES string of the molecule is C=C/C(C)=C(OC)\C(=C/C)C(C)C. The first-order valence-electron chi connectivity index (χ1n) is 4.62. The van der Waals surface area contributed by atoms with Gasteiger partial charge in [-0.25, -0.2) is 0 Å². The molecule has 1 nitrogen and oxygen atoms in total. The van der Waals surface area contributed by atoms with Gasteiger partial charge in [0.05, 0.1) is 7.11 Å². The lowest BCUT2D eigenvalue weighted by molar-refractivity contribution is 0.291. The summed E-state index contributed by atoms with van der Waals surface area (Å²) in [7, 11) is 1.70. The minimum atomic E-state index is 0.481. The van der Waals surface area contributed by atoms with Crippen LogP contribution in [0.15, 0.2) is 35.6 Å². The highest BCUT2D eigenvalue weighted by Crippen LogP contribution is 2.23. The molecule has 0 aromatic heterocycles. The van der Waals surface area contributed by atoms with Crippen LogP contribution < -0.4 is 0 Å². The average molecular weight is 180 g/mol. The van der Waals surface area contributed by atoms with Crippen LogP contribution in [0.25, 0.3) is 0 Å². The van der Waals surface area contributed by atoms with Gasteiger partial charge in [0.1, 0.15) is 5.76 Å². The van der Waals surface area contributed by atoms with Gasteiger partial charge in [0, 0.05) is 0 Å². The molecule has 74 valence electrons. The molecular formula is C12H20O. The second kappa shape index (κ2) is 5.63. The molecule has 0 spiro atoms. The van der Waals surface area contributed by atoms with Crippen molar-refractivity contribution in [1.82, 2.24) is 0 Å². The van der Waals surface area contributed by atoms with Crippen molar-refractivity contribution in [2.45, 2.75) is 27.7 Å². The quantitative estimate of drug-likeness (QED) is 0.473. The molecule has 0 rings (SSSR count). The lowest BCUT2D eigenvalue weighted by Gasteiger charge is -2.15. The van der Waals surface area contributed by atoms with Gasteiger partial charge in [-0.3, -0.25) is 0 Å². The summed E-state index contributed by atoms with van der Waals surface area (Å²) in [5.41, 5.74) is 2.32. The van der Waals surface area contributed by atoms with Crippen molar-refractivity contribution in [3.05, 3.63) is 35.6 Å². The molecule has 0 N–H and O–H groups in total. The van der Waals surface area contributed by atoms with Gasteiger partial charge in [0.15, 0.2) is 0 Å². The third-order valence-corrected chi connectivity index (χ3v) is 2.06. The molecule has 0 radical (unpaired) electrons. The number of allylic oxidation sites excluding steroid dienone is 4. The normalized spacial score (nSPS) is 14.2. The predicted octanol–water partition coefficient (Wildman–Crippen LogP) is 3.70. The van der Waals surface area contributed by atoms with E-state index in [0.717, 1.165) is 11.3 Å². The summed E-state index contributed by atoms with van der Waals surface area (Å²) in [6.45, 7) is 12.1. The predicted molar refractivity (Wildman–Crippen MR) is 58.5 cm³/mol. The van der Waals surface area contributed by atoms with Crippen molar-refractivity contribution in [2.24, 2.45) is 5.92 Å². The van der Waals surface area contributed by atoms with E-state index in [9.17, 15) is 0 Å². The molecule has 0 aromatic rings. The fourth-order valence-electron chi connectivity index (χ4n) is 1.33. The van der Waals surface area contributed by atoms with E-state index in [0.29, 0.717) is 5.92 Å². The van der Waals surface area contributed by atoms with Crippen molar-refractivity contribution in [3.63, 3.8) is 0 Å². The second-order valence-electron chi connectivity index (χ2n) is 3.32. The van der Waals surface area contributed by atoms with E-state index in [1.807, 2.05) is 19.9 Å². The molecule has 1 heteroatoms. The third kappa shape index (κ3) is 3.10. The number of hydrogen-bond acceptors (Lipinski definition) is 1. The highest BCUT2D eigenvalue weighted by molar-refractivity contribution is 5.35. The molecule has 0 aliphatic rings. The monoisotopic (exact) mass is 180 g/mol. The van der Waals surface area contributed by atoms with E-state index in [1.165, 1.54) is 5.57 Å². The topological polar surface area (TPSA) is 9.23 Å². The Morgan fingerprint density at radius 2 is 1.92 bits per heavy atom.